The molecule has 0 atom stereocenters. The number of hydrogen-bond donors (Lipinski definition) is 0. The van der Waals surface area contributed by atoms with Gasteiger partial charge in [0.15, 0.2) is 0 Å². The fraction of sp³-hybridized carbons (Fsp3) is 0. The first-order valence-electron chi connectivity index (χ1n) is 20.5. The van der Waals surface area contributed by atoms with Gasteiger partial charge in [0.1, 0.15) is 11.2 Å². The quantitative estimate of drug-likeness (QED) is 0.153. The van der Waals surface area contributed by atoms with Crippen molar-refractivity contribution in [3.05, 3.63) is 237 Å². The summed E-state index contributed by atoms with van der Waals surface area (Å²) < 4.78 is 6.32. The lowest BCUT2D eigenvalue weighted by Gasteiger charge is -2.27. The molecule has 0 aliphatic rings. The van der Waals surface area contributed by atoms with Crippen molar-refractivity contribution in [1.82, 2.24) is 0 Å². The average molecular weight is 766 g/mol. The van der Waals surface area contributed by atoms with E-state index in [0.717, 1.165) is 61.3 Å². The van der Waals surface area contributed by atoms with Gasteiger partial charge in [-0.15, -0.1) is 0 Å². The van der Waals surface area contributed by atoms with Gasteiger partial charge in [0.2, 0.25) is 0 Å². The van der Waals surface area contributed by atoms with Crippen molar-refractivity contribution < 1.29 is 4.42 Å². The largest absolute Gasteiger partial charge is 0.456 e. The molecule has 2 heteroatoms. The van der Waals surface area contributed by atoms with Gasteiger partial charge in [0.05, 0.1) is 0 Å². The smallest absolute Gasteiger partial charge is 0.136 e. The molecule has 282 valence electrons. The standard InChI is InChI=1S/C58H39NO/c1-3-13-40(14-4-1)49-36-50(41-15-5-2-6-16-41)39-53(38-49)59(52-20-11-19-48(37-52)54-22-12-24-57-58(54)55-21-9-10-23-56(55)60-57)51-33-31-44(32-34-51)43-25-27-45(28-26-43)47-30-29-42-17-7-8-18-46(42)35-47/h1-39H. The van der Waals surface area contributed by atoms with Gasteiger partial charge in [0.25, 0.3) is 0 Å². The lowest BCUT2D eigenvalue weighted by molar-refractivity contribution is 0.669. The maximum absolute atomic E-state index is 6.32. The molecule has 0 aliphatic heterocycles. The van der Waals surface area contributed by atoms with Crippen molar-refractivity contribution in [3.8, 4) is 55.6 Å². The van der Waals surface area contributed by atoms with Crippen molar-refractivity contribution in [2.24, 2.45) is 0 Å². The second-order valence-corrected chi connectivity index (χ2v) is 15.3. The highest BCUT2D eigenvalue weighted by Gasteiger charge is 2.19. The summed E-state index contributed by atoms with van der Waals surface area (Å²) in [6, 6.07) is 85.0. The number of benzene rings is 10. The van der Waals surface area contributed by atoms with Crippen LogP contribution in [0.15, 0.2) is 241 Å². The molecule has 0 spiro atoms. The van der Waals surface area contributed by atoms with E-state index in [1.807, 2.05) is 12.1 Å². The number of hydrogen-bond acceptors (Lipinski definition) is 2. The summed E-state index contributed by atoms with van der Waals surface area (Å²) in [5, 5.41) is 4.76. The molecule has 0 radical (unpaired) electrons. The number of furan rings is 1. The zero-order valence-electron chi connectivity index (χ0n) is 32.9. The van der Waals surface area contributed by atoms with Gasteiger partial charge in [-0.05, 0) is 127 Å². The van der Waals surface area contributed by atoms with Gasteiger partial charge < -0.3 is 9.32 Å². The van der Waals surface area contributed by atoms with Crippen molar-refractivity contribution in [3.63, 3.8) is 0 Å². The first-order chi connectivity index (χ1) is 29.7. The molecule has 0 saturated heterocycles. The molecule has 0 unspecified atom stereocenters. The molecule has 0 saturated carbocycles. The highest BCUT2D eigenvalue weighted by atomic mass is 16.3. The predicted molar refractivity (Wildman–Crippen MR) is 253 cm³/mol. The molecule has 11 rings (SSSR count). The minimum atomic E-state index is 0.889. The Hall–Kier alpha value is -7.94. The van der Waals surface area contributed by atoms with Crippen LogP contribution in [0.4, 0.5) is 17.1 Å². The van der Waals surface area contributed by atoms with E-state index in [2.05, 4.69) is 229 Å². The SMILES string of the molecule is c1ccc(-c2cc(-c3ccccc3)cc(N(c3ccc(-c4ccc(-c5ccc6ccccc6c5)cc4)cc3)c3cccc(-c4cccc5oc6ccccc6c45)c3)c2)cc1. The van der Waals surface area contributed by atoms with E-state index in [1.165, 1.54) is 44.2 Å². The Labute approximate surface area is 349 Å². The third-order valence-electron chi connectivity index (χ3n) is 11.6. The number of nitrogens with zero attached hydrogens (tertiary/aromatic N) is 1. The second-order valence-electron chi connectivity index (χ2n) is 15.3. The normalized spacial score (nSPS) is 11.3. The van der Waals surface area contributed by atoms with Crippen LogP contribution in [-0.2, 0) is 0 Å². The van der Waals surface area contributed by atoms with Crippen molar-refractivity contribution in [1.29, 1.82) is 0 Å². The van der Waals surface area contributed by atoms with Gasteiger partial charge in [-0.25, -0.2) is 0 Å². The molecule has 0 N–H and O–H groups in total. The Morgan fingerprint density at radius 2 is 0.783 bits per heavy atom. The summed E-state index contributed by atoms with van der Waals surface area (Å²) in [5.41, 5.74) is 16.7. The number of para-hydroxylation sites is 1. The highest BCUT2D eigenvalue weighted by Crippen LogP contribution is 2.43. The summed E-state index contributed by atoms with van der Waals surface area (Å²) in [5.74, 6) is 0. The van der Waals surface area contributed by atoms with E-state index >= 15 is 0 Å². The van der Waals surface area contributed by atoms with E-state index in [0.29, 0.717) is 0 Å². The summed E-state index contributed by atoms with van der Waals surface area (Å²) in [6.45, 7) is 0. The van der Waals surface area contributed by atoms with Crippen LogP contribution in [0.5, 0.6) is 0 Å². The molecule has 1 heterocycles. The van der Waals surface area contributed by atoms with Crippen LogP contribution >= 0.6 is 0 Å². The maximum atomic E-state index is 6.32. The Balaban J connectivity index is 1.03. The number of fused-ring (bicyclic) bond motifs is 4. The van der Waals surface area contributed by atoms with Crippen molar-refractivity contribution in [2.75, 3.05) is 4.90 Å². The Morgan fingerprint density at radius 1 is 0.267 bits per heavy atom. The fourth-order valence-electron chi connectivity index (χ4n) is 8.64. The zero-order valence-corrected chi connectivity index (χ0v) is 32.9. The van der Waals surface area contributed by atoms with Crippen LogP contribution in [-0.4, -0.2) is 0 Å². The first-order valence-corrected chi connectivity index (χ1v) is 20.5. The molecular formula is C58H39NO. The lowest BCUT2D eigenvalue weighted by atomic mass is 9.96. The van der Waals surface area contributed by atoms with E-state index in [1.54, 1.807) is 0 Å². The van der Waals surface area contributed by atoms with Crippen LogP contribution in [0.25, 0.3) is 88.3 Å². The zero-order chi connectivity index (χ0) is 39.8. The lowest BCUT2D eigenvalue weighted by Crippen LogP contribution is -2.10. The van der Waals surface area contributed by atoms with Crippen molar-refractivity contribution >= 4 is 49.8 Å². The minimum Gasteiger partial charge on any atom is -0.456 e. The molecule has 0 fully saturated rings. The summed E-state index contributed by atoms with van der Waals surface area (Å²) in [4.78, 5) is 2.39. The predicted octanol–water partition coefficient (Wildman–Crippen LogP) is 16.5. The average Bonchev–Trinajstić information content (AvgIpc) is 3.72. The van der Waals surface area contributed by atoms with Gasteiger partial charge in [-0.2, -0.15) is 0 Å². The van der Waals surface area contributed by atoms with Gasteiger partial charge in [-0.3, -0.25) is 0 Å². The van der Waals surface area contributed by atoms with Gasteiger partial charge in [0, 0.05) is 27.8 Å². The van der Waals surface area contributed by atoms with Crippen LogP contribution in [0.2, 0.25) is 0 Å². The molecule has 2 nitrogen and oxygen atoms in total. The molecule has 1 aromatic heterocycles. The Kier molecular flexibility index (Phi) is 8.87. The minimum absolute atomic E-state index is 0.889. The first kappa shape index (κ1) is 35.2. The van der Waals surface area contributed by atoms with Gasteiger partial charge >= 0.3 is 0 Å². The van der Waals surface area contributed by atoms with Crippen molar-refractivity contribution in [2.45, 2.75) is 0 Å². The number of rotatable bonds is 8. The van der Waals surface area contributed by atoms with E-state index in [-0.39, 0.29) is 0 Å². The highest BCUT2D eigenvalue weighted by molar-refractivity contribution is 6.12. The van der Waals surface area contributed by atoms with E-state index in [9.17, 15) is 0 Å². The summed E-state index contributed by atoms with van der Waals surface area (Å²) in [6.07, 6.45) is 0. The van der Waals surface area contributed by atoms with Gasteiger partial charge in [-0.1, -0.05) is 176 Å². The Morgan fingerprint density at radius 3 is 1.50 bits per heavy atom. The topological polar surface area (TPSA) is 16.4 Å². The van der Waals surface area contributed by atoms with Crippen LogP contribution in [0, 0.1) is 0 Å². The monoisotopic (exact) mass is 765 g/mol. The fourth-order valence-corrected chi connectivity index (χ4v) is 8.64. The van der Waals surface area contributed by atoms with E-state index < -0.39 is 0 Å². The molecule has 0 bridgehead atoms. The van der Waals surface area contributed by atoms with E-state index in [4.69, 9.17) is 4.42 Å². The third-order valence-corrected chi connectivity index (χ3v) is 11.6. The second kappa shape index (κ2) is 15.1. The number of anilines is 3. The maximum Gasteiger partial charge on any atom is 0.136 e. The molecular weight excluding hydrogens is 727 g/mol. The third kappa shape index (κ3) is 6.61. The molecule has 60 heavy (non-hydrogen) atoms. The summed E-state index contributed by atoms with van der Waals surface area (Å²) in [7, 11) is 0. The molecule has 10 aromatic carbocycles. The molecule has 11 aromatic rings. The molecule has 0 aliphatic carbocycles. The van der Waals surface area contributed by atoms with Crippen LogP contribution in [0.1, 0.15) is 0 Å². The van der Waals surface area contributed by atoms with Crippen LogP contribution in [0.3, 0.4) is 0 Å². The summed E-state index contributed by atoms with van der Waals surface area (Å²) >= 11 is 0. The van der Waals surface area contributed by atoms with Crippen LogP contribution < -0.4 is 4.90 Å². The Bertz CT molecular complexity index is 3230. The molecule has 0 amide bonds.